The van der Waals surface area contributed by atoms with Crippen molar-refractivity contribution in [3.63, 3.8) is 0 Å². The van der Waals surface area contributed by atoms with Crippen molar-refractivity contribution in [3.05, 3.63) is 35.9 Å². The van der Waals surface area contributed by atoms with Crippen LogP contribution in [0.5, 0.6) is 0 Å². The second-order valence-corrected chi connectivity index (χ2v) is 4.33. The number of aliphatic carboxylic acids is 1. The first-order valence-electron chi connectivity index (χ1n) is 5.68. The highest BCUT2D eigenvalue weighted by Crippen LogP contribution is 2.16. The van der Waals surface area contributed by atoms with E-state index in [2.05, 4.69) is 0 Å². The molecule has 1 heterocycles. The van der Waals surface area contributed by atoms with Crippen molar-refractivity contribution >= 4 is 24.2 Å². The second-order valence-electron chi connectivity index (χ2n) is 4.33. The normalized spacial score (nSPS) is 20.2. The molecular formula is C13H16ClNO3. The summed E-state index contributed by atoms with van der Waals surface area (Å²) in [5.74, 6) is -2.01. The van der Waals surface area contributed by atoms with E-state index >= 15 is 0 Å². The minimum atomic E-state index is -1.01. The number of ketones is 1. The molecule has 1 aliphatic heterocycles. The number of piperidine rings is 1. The lowest BCUT2D eigenvalue weighted by Gasteiger charge is -2.29. The molecule has 5 heteroatoms. The molecule has 0 bridgehead atoms. The Morgan fingerprint density at radius 2 is 2.00 bits per heavy atom. The first-order chi connectivity index (χ1) is 8.16. The number of Topliss-reactive ketones (excluding diaryl/α,β-unsaturated/α-hetero) is 1. The van der Waals surface area contributed by atoms with E-state index in [4.69, 9.17) is 5.11 Å². The van der Waals surface area contributed by atoms with Crippen LogP contribution in [0, 0.1) is 5.92 Å². The number of likely N-dealkylation sites (tertiary alicyclic amines) is 1. The number of carboxylic acids is 1. The van der Waals surface area contributed by atoms with Crippen LogP contribution >= 0.6 is 12.4 Å². The molecule has 1 fully saturated rings. The topological polar surface area (TPSA) is 57.6 Å². The van der Waals surface area contributed by atoms with Gasteiger partial charge in [0.1, 0.15) is 11.7 Å². The zero-order valence-electron chi connectivity index (χ0n) is 9.91. The van der Waals surface area contributed by atoms with Gasteiger partial charge in [-0.3, -0.25) is 14.5 Å². The van der Waals surface area contributed by atoms with E-state index in [0.29, 0.717) is 26.1 Å². The molecule has 0 spiro atoms. The molecular weight excluding hydrogens is 254 g/mol. The maximum Gasteiger partial charge on any atom is 0.315 e. The summed E-state index contributed by atoms with van der Waals surface area (Å²) in [6.07, 6.45) is 0.337. The Bertz CT molecular complexity index is 422. The Balaban J connectivity index is 0.00000162. The average Bonchev–Trinajstić information content (AvgIpc) is 2.32. The SMILES string of the molecule is Cl.O=C(O)C1CN(Cc2ccccc2)CCC1=O. The van der Waals surface area contributed by atoms with E-state index < -0.39 is 11.9 Å². The number of carboxylic acid groups (broad SMARTS) is 1. The molecule has 1 aromatic rings. The number of hydrogen-bond donors (Lipinski definition) is 1. The smallest absolute Gasteiger partial charge is 0.315 e. The number of carbonyl (C=O) groups is 2. The van der Waals surface area contributed by atoms with E-state index in [1.165, 1.54) is 0 Å². The molecule has 18 heavy (non-hydrogen) atoms. The van der Waals surface area contributed by atoms with Gasteiger partial charge < -0.3 is 5.11 Å². The number of carbonyl (C=O) groups excluding carboxylic acids is 1. The number of hydrogen-bond acceptors (Lipinski definition) is 3. The van der Waals surface area contributed by atoms with E-state index in [1.54, 1.807) is 0 Å². The van der Waals surface area contributed by atoms with Gasteiger partial charge >= 0.3 is 5.97 Å². The lowest BCUT2D eigenvalue weighted by molar-refractivity contribution is -0.148. The van der Waals surface area contributed by atoms with E-state index in [9.17, 15) is 9.59 Å². The van der Waals surface area contributed by atoms with Crippen molar-refractivity contribution in [1.82, 2.24) is 4.90 Å². The first kappa shape index (κ1) is 14.7. The van der Waals surface area contributed by atoms with Gasteiger partial charge in [-0.05, 0) is 5.56 Å². The van der Waals surface area contributed by atoms with Gasteiger partial charge in [0.15, 0.2) is 0 Å². The molecule has 1 atom stereocenters. The van der Waals surface area contributed by atoms with Crippen molar-refractivity contribution in [1.29, 1.82) is 0 Å². The Morgan fingerprint density at radius 1 is 1.33 bits per heavy atom. The quantitative estimate of drug-likeness (QED) is 0.847. The van der Waals surface area contributed by atoms with Crippen LogP contribution in [0.15, 0.2) is 30.3 Å². The molecule has 1 aromatic carbocycles. The molecule has 1 saturated heterocycles. The minimum absolute atomic E-state index is 0. The third kappa shape index (κ3) is 3.55. The van der Waals surface area contributed by atoms with Gasteiger partial charge in [-0.2, -0.15) is 0 Å². The standard InChI is InChI=1S/C13H15NO3.ClH/c15-12-6-7-14(9-11(12)13(16)17)8-10-4-2-1-3-5-10;/h1-5,11H,6-9H2,(H,16,17);1H. The van der Waals surface area contributed by atoms with Crippen molar-refractivity contribution in [3.8, 4) is 0 Å². The maximum atomic E-state index is 11.4. The van der Waals surface area contributed by atoms with Crippen LogP contribution in [0.4, 0.5) is 0 Å². The summed E-state index contributed by atoms with van der Waals surface area (Å²) in [4.78, 5) is 24.4. The summed E-state index contributed by atoms with van der Waals surface area (Å²) in [6, 6.07) is 9.87. The summed E-state index contributed by atoms with van der Waals surface area (Å²) in [5.41, 5.74) is 1.14. The molecule has 0 radical (unpaired) electrons. The van der Waals surface area contributed by atoms with E-state index in [0.717, 1.165) is 5.56 Å². The Labute approximate surface area is 112 Å². The molecule has 0 aromatic heterocycles. The number of halogens is 1. The zero-order valence-corrected chi connectivity index (χ0v) is 10.7. The fourth-order valence-corrected chi connectivity index (χ4v) is 2.09. The molecule has 0 aliphatic carbocycles. The maximum absolute atomic E-state index is 11.4. The lowest BCUT2D eigenvalue weighted by atomic mass is 9.96. The average molecular weight is 270 g/mol. The predicted octanol–water partition coefficient (Wildman–Crippen LogP) is 1.58. The molecule has 2 rings (SSSR count). The Morgan fingerprint density at radius 3 is 2.61 bits per heavy atom. The van der Waals surface area contributed by atoms with Crippen molar-refractivity contribution in [2.75, 3.05) is 13.1 Å². The highest BCUT2D eigenvalue weighted by Gasteiger charge is 2.32. The Kier molecular flexibility index (Phi) is 5.31. The number of benzene rings is 1. The van der Waals surface area contributed by atoms with Crippen LogP contribution in [0.2, 0.25) is 0 Å². The first-order valence-corrected chi connectivity index (χ1v) is 5.68. The molecule has 1 unspecified atom stereocenters. The van der Waals surface area contributed by atoms with Gasteiger partial charge in [0.05, 0.1) is 0 Å². The summed E-state index contributed by atoms with van der Waals surface area (Å²) in [5, 5.41) is 8.95. The van der Waals surface area contributed by atoms with Crippen LogP contribution in [0.1, 0.15) is 12.0 Å². The summed E-state index contributed by atoms with van der Waals surface area (Å²) in [6.45, 7) is 1.68. The van der Waals surface area contributed by atoms with Gasteiger partial charge in [-0.15, -0.1) is 12.4 Å². The molecule has 98 valence electrons. The molecule has 1 N–H and O–H groups in total. The van der Waals surface area contributed by atoms with E-state index in [-0.39, 0.29) is 18.2 Å². The summed E-state index contributed by atoms with van der Waals surface area (Å²) < 4.78 is 0. The molecule has 0 saturated carbocycles. The van der Waals surface area contributed by atoms with Crippen LogP contribution < -0.4 is 0 Å². The van der Waals surface area contributed by atoms with E-state index in [1.807, 2.05) is 35.2 Å². The summed E-state index contributed by atoms with van der Waals surface area (Å²) >= 11 is 0. The monoisotopic (exact) mass is 269 g/mol. The van der Waals surface area contributed by atoms with Crippen LogP contribution in [-0.4, -0.2) is 34.8 Å². The Hall–Kier alpha value is -1.39. The number of nitrogens with zero attached hydrogens (tertiary/aromatic N) is 1. The molecule has 1 aliphatic rings. The minimum Gasteiger partial charge on any atom is -0.481 e. The molecule has 4 nitrogen and oxygen atoms in total. The molecule has 0 amide bonds. The largest absolute Gasteiger partial charge is 0.481 e. The van der Waals surface area contributed by atoms with Crippen LogP contribution in [0.25, 0.3) is 0 Å². The fourth-order valence-electron chi connectivity index (χ4n) is 2.09. The predicted molar refractivity (Wildman–Crippen MR) is 69.7 cm³/mol. The van der Waals surface area contributed by atoms with Crippen molar-refractivity contribution < 1.29 is 14.7 Å². The van der Waals surface area contributed by atoms with Gasteiger partial charge in [-0.25, -0.2) is 0 Å². The van der Waals surface area contributed by atoms with Crippen LogP contribution in [-0.2, 0) is 16.1 Å². The second kappa shape index (κ2) is 6.52. The zero-order chi connectivity index (χ0) is 12.3. The highest BCUT2D eigenvalue weighted by molar-refractivity contribution is 5.99. The van der Waals surface area contributed by atoms with Crippen molar-refractivity contribution in [2.45, 2.75) is 13.0 Å². The third-order valence-electron chi connectivity index (χ3n) is 3.05. The third-order valence-corrected chi connectivity index (χ3v) is 3.05. The lowest BCUT2D eigenvalue weighted by Crippen LogP contribution is -2.43. The van der Waals surface area contributed by atoms with Crippen LogP contribution in [0.3, 0.4) is 0 Å². The van der Waals surface area contributed by atoms with Crippen molar-refractivity contribution in [2.24, 2.45) is 5.92 Å². The van der Waals surface area contributed by atoms with Gasteiger partial charge in [0.2, 0.25) is 0 Å². The fraction of sp³-hybridized carbons (Fsp3) is 0.385. The van der Waals surface area contributed by atoms with Gasteiger partial charge in [0.25, 0.3) is 0 Å². The van der Waals surface area contributed by atoms with Gasteiger partial charge in [-0.1, -0.05) is 30.3 Å². The number of rotatable bonds is 3. The van der Waals surface area contributed by atoms with Gasteiger partial charge in [0, 0.05) is 26.1 Å². The summed E-state index contributed by atoms with van der Waals surface area (Å²) in [7, 11) is 0. The highest BCUT2D eigenvalue weighted by atomic mass is 35.5.